The monoisotopic (exact) mass is 484 g/mol. The van der Waals surface area contributed by atoms with Crippen molar-refractivity contribution < 1.29 is 13.7 Å². The second-order valence-corrected chi connectivity index (χ2v) is 10.2. The Morgan fingerprint density at radius 2 is 1.40 bits per heavy atom. The van der Waals surface area contributed by atoms with Gasteiger partial charge in [-0.3, -0.25) is 4.79 Å². The van der Waals surface area contributed by atoms with Crippen LogP contribution < -0.4 is 0 Å². The molecule has 35 heavy (non-hydrogen) atoms. The molecule has 1 aliphatic rings. The molecule has 1 aliphatic heterocycles. The van der Waals surface area contributed by atoms with Crippen LogP contribution in [0.3, 0.4) is 0 Å². The molecule has 2 aromatic rings. The maximum Gasteiger partial charge on any atom is 0.222 e. The van der Waals surface area contributed by atoms with Crippen LogP contribution in [0.4, 0.5) is 4.39 Å². The maximum absolute atomic E-state index is 13.3. The summed E-state index contributed by atoms with van der Waals surface area (Å²) in [6.45, 7) is 3.50. The van der Waals surface area contributed by atoms with E-state index in [1.807, 2.05) is 4.90 Å². The fourth-order valence-corrected chi connectivity index (χ4v) is 5.06. The number of carbonyl (C=O) groups is 1. The van der Waals surface area contributed by atoms with Crippen molar-refractivity contribution in [3.05, 3.63) is 41.3 Å². The number of carbonyl (C=O) groups excluding carboxylic acids is 1. The highest BCUT2D eigenvalue weighted by Gasteiger charge is 2.27. The maximum atomic E-state index is 13.3. The number of unbranched alkanes of at least 4 members (excludes halogenated alkanes) is 14. The lowest BCUT2D eigenvalue weighted by molar-refractivity contribution is -0.132. The Hall–Kier alpha value is -2.17. The van der Waals surface area contributed by atoms with Crippen molar-refractivity contribution in [2.45, 2.75) is 123 Å². The number of hydrogen-bond acceptors (Lipinski definition) is 3. The normalized spacial score (nSPS) is 13.3. The van der Waals surface area contributed by atoms with Gasteiger partial charge in [0.1, 0.15) is 5.82 Å². The minimum Gasteiger partial charge on any atom is -0.356 e. The summed E-state index contributed by atoms with van der Waals surface area (Å²) in [7, 11) is 0. The second-order valence-electron chi connectivity index (χ2n) is 10.2. The Morgan fingerprint density at radius 1 is 0.857 bits per heavy atom. The quantitative estimate of drug-likeness (QED) is 0.211. The first-order valence-electron chi connectivity index (χ1n) is 14.2. The largest absolute Gasteiger partial charge is 0.356 e. The van der Waals surface area contributed by atoms with Gasteiger partial charge in [-0.25, -0.2) is 4.39 Å². The van der Waals surface area contributed by atoms with Gasteiger partial charge in [0.05, 0.1) is 12.2 Å². The highest BCUT2D eigenvalue weighted by atomic mass is 19.1. The molecule has 0 bridgehead atoms. The third-order valence-corrected chi connectivity index (χ3v) is 7.29. The molecule has 0 aliphatic carbocycles. The van der Waals surface area contributed by atoms with Crippen molar-refractivity contribution in [3.63, 3.8) is 0 Å². The molecule has 1 aromatic heterocycles. The Bertz CT molecular complexity index is 862. The molecule has 0 fully saturated rings. The summed E-state index contributed by atoms with van der Waals surface area (Å²) in [5.41, 5.74) is 2.69. The molecule has 0 saturated heterocycles. The summed E-state index contributed by atoms with van der Waals surface area (Å²) in [6, 6.07) is 6.25. The summed E-state index contributed by atoms with van der Waals surface area (Å²) in [4.78, 5) is 14.7. The van der Waals surface area contributed by atoms with Crippen LogP contribution in [0.2, 0.25) is 0 Å². The smallest absolute Gasteiger partial charge is 0.222 e. The van der Waals surface area contributed by atoms with E-state index >= 15 is 0 Å². The first kappa shape index (κ1) is 27.4. The number of benzene rings is 1. The predicted octanol–water partition coefficient (Wildman–Crippen LogP) is 8.63. The minimum absolute atomic E-state index is 0.219. The number of rotatable bonds is 17. The average Bonchev–Trinajstić information content (AvgIpc) is 3.30. The van der Waals surface area contributed by atoms with Crippen LogP contribution in [-0.4, -0.2) is 22.5 Å². The van der Waals surface area contributed by atoms with Gasteiger partial charge >= 0.3 is 0 Å². The molecule has 5 heteroatoms. The van der Waals surface area contributed by atoms with E-state index in [4.69, 9.17) is 4.52 Å². The van der Waals surface area contributed by atoms with E-state index in [1.54, 1.807) is 12.1 Å². The summed E-state index contributed by atoms with van der Waals surface area (Å²) in [6.07, 6.45) is 21.3. The Kier molecular flexibility index (Phi) is 12.3. The van der Waals surface area contributed by atoms with Gasteiger partial charge in [0, 0.05) is 30.5 Å². The van der Waals surface area contributed by atoms with Gasteiger partial charge in [-0.05, 0) is 30.7 Å². The van der Waals surface area contributed by atoms with Crippen LogP contribution in [-0.2, 0) is 17.8 Å². The molecule has 0 spiro atoms. The third kappa shape index (κ3) is 9.42. The van der Waals surface area contributed by atoms with Gasteiger partial charge in [-0.2, -0.15) is 0 Å². The number of aromatic nitrogens is 1. The zero-order valence-corrected chi connectivity index (χ0v) is 21.8. The molecular formula is C30H45FN2O2. The number of nitrogens with zero attached hydrogens (tertiary/aromatic N) is 2. The summed E-state index contributed by atoms with van der Waals surface area (Å²) >= 11 is 0. The standard InChI is InChI=1S/C30H45FN2O2/c1-2-3-4-5-6-7-8-9-10-11-12-13-14-15-16-17-29(34)33-23-22-28-27(24-33)30(35-32-28)25-18-20-26(31)21-19-25/h18-21H,2-17,22-24H2,1H3. The topological polar surface area (TPSA) is 46.3 Å². The lowest BCUT2D eigenvalue weighted by Gasteiger charge is -2.26. The van der Waals surface area contributed by atoms with Gasteiger partial charge < -0.3 is 9.42 Å². The number of fused-ring (bicyclic) bond motifs is 1. The van der Waals surface area contributed by atoms with Crippen LogP contribution in [0.25, 0.3) is 11.3 Å². The van der Waals surface area contributed by atoms with Crippen molar-refractivity contribution in [1.29, 1.82) is 0 Å². The van der Waals surface area contributed by atoms with Crippen LogP contribution in [0, 0.1) is 5.82 Å². The van der Waals surface area contributed by atoms with Gasteiger partial charge in [0.25, 0.3) is 0 Å². The SMILES string of the molecule is CCCCCCCCCCCCCCCCCC(=O)N1CCc2noc(-c3ccc(F)cc3)c2C1. The fourth-order valence-electron chi connectivity index (χ4n) is 5.06. The van der Waals surface area contributed by atoms with Gasteiger partial charge in [-0.1, -0.05) is 102 Å². The van der Waals surface area contributed by atoms with Gasteiger partial charge in [0.2, 0.25) is 5.91 Å². The van der Waals surface area contributed by atoms with Gasteiger partial charge in [0.15, 0.2) is 5.76 Å². The van der Waals surface area contributed by atoms with Crippen molar-refractivity contribution in [1.82, 2.24) is 10.1 Å². The second kappa shape index (κ2) is 15.7. The Labute approximate surface area is 211 Å². The molecule has 1 amide bonds. The van der Waals surface area contributed by atoms with E-state index in [2.05, 4.69) is 12.1 Å². The van der Waals surface area contributed by atoms with Gasteiger partial charge in [-0.15, -0.1) is 0 Å². The molecule has 0 radical (unpaired) electrons. The van der Waals surface area contributed by atoms with Crippen LogP contribution in [0.15, 0.2) is 28.8 Å². The van der Waals surface area contributed by atoms with Crippen molar-refractivity contribution in [2.75, 3.05) is 6.54 Å². The van der Waals surface area contributed by atoms with E-state index in [9.17, 15) is 9.18 Å². The highest BCUT2D eigenvalue weighted by molar-refractivity contribution is 5.77. The Morgan fingerprint density at radius 3 is 1.97 bits per heavy atom. The van der Waals surface area contributed by atoms with Crippen molar-refractivity contribution >= 4 is 5.91 Å². The number of hydrogen-bond donors (Lipinski definition) is 0. The molecule has 0 unspecified atom stereocenters. The summed E-state index contributed by atoms with van der Waals surface area (Å²) in [5, 5.41) is 4.19. The highest BCUT2D eigenvalue weighted by Crippen LogP contribution is 2.31. The lowest BCUT2D eigenvalue weighted by atomic mass is 10.0. The number of halogens is 1. The third-order valence-electron chi connectivity index (χ3n) is 7.29. The van der Waals surface area contributed by atoms with E-state index in [0.29, 0.717) is 31.7 Å². The van der Waals surface area contributed by atoms with Crippen LogP contribution in [0.5, 0.6) is 0 Å². The van der Waals surface area contributed by atoms with Crippen molar-refractivity contribution in [2.24, 2.45) is 0 Å². The molecule has 1 aromatic carbocycles. The summed E-state index contributed by atoms with van der Waals surface area (Å²) in [5.74, 6) is 0.600. The van der Waals surface area contributed by atoms with E-state index in [1.165, 1.54) is 95.6 Å². The zero-order chi connectivity index (χ0) is 24.7. The molecule has 0 N–H and O–H groups in total. The molecule has 2 heterocycles. The minimum atomic E-state index is -0.276. The average molecular weight is 485 g/mol. The lowest BCUT2D eigenvalue weighted by Crippen LogP contribution is -2.35. The molecule has 194 valence electrons. The molecular weight excluding hydrogens is 439 g/mol. The number of amides is 1. The summed E-state index contributed by atoms with van der Waals surface area (Å²) < 4.78 is 18.8. The molecule has 4 nitrogen and oxygen atoms in total. The first-order valence-corrected chi connectivity index (χ1v) is 14.2. The van der Waals surface area contributed by atoms with Crippen LogP contribution >= 0.6 is 0 Å². The van der Waals surface area contributed by atoms with Crippen LogP contribution in [0.1, 0.15) is 121 Å². The molecule has 0 atom stereocenters. The van der Waals surface area contributed by atoms with Crippen molar-refractivity contribution in [3.8, 4) is 11.3 Å². The predicted molar refractivity (Wildman–Crippen MR) is 141 cm³/mol. The first-order chi connectivity index (χ1) is 17.2. The Balaban J connectivity index is 1.22. The van der Waals surface area contributed by atoms with E-state index in [0.717, 1.165) is 29.7 Å². The zero-order valence-electron chi connectivity index (χ0n) is 21.8. The van der Waals surface area contributed by atoms with E-state index in [-0.39, 0.29) is 11.7 Å². The fraction of sp³-hybridized carbons (Fsp3) is 0.667. The molecule has 3 rings (SSSR count). The van der Waals surface area contributed by atoms with E-state index < -0.39 is 0 Å². The molecule has 0 saturated carbocycles.